The average Bonchev–Trinajstić information content (AvgIpc) is 3.02. The molecule has 0 aromatic rings. The molecule has 0 radical (unpaired) electrons. The van der Waals surface area contributed by atoms with Crippen molar-refractivity contribution in [1.29, 1.82) is 0 Å². The number of nitrogens with one attached hydrogen (secondary N) is 2. The van der Waals surface area contributed by atoms with E-state index in [4.69, 9.17) is 0 Å². The summed E-state index contributed by atoms with van der Waals surface area (Å²) in [6, 6.07) is 0.637. The quantitative estimate of drug-likeness (QED) is 0.703. The molecule has 5 heteroatoms. The van der Waals surface area contributed by atoms with Gasteiger partial charge in [0.1, 0.15) is 0 Å². The summed E-state index contributed by atoms with van der Waals surface area (Å²) in [5, 5.41) is 6.21. The summed E-state index contributed by atoms with van der Waals surface area (Å²) in [5.41, 5.74) is 0. The topological polar surface area (TPSA) is 61.4 Å². The minimum absolute atomic E-state index is 0.00745. The van der Waals surface area contributed by atoms with E-state index < -0.39 is 0 Å². The third-order valence-corrected chi connectivity index (χ3v) is 3.88. The molecule has 0 aromatic heterocycles. The lowest BCUT2D eigenvalue weighted by atomic mass is 10.0. The lowest BCUT2D eigenvalue weighted by Crippen LogP contribution is -2.55. The average molecular weight is 237 g/mol. The van der Waals surface area contributed by atoms with E-state index in [2.05, 4.69) is 10.6 Å². The van der Waals surface area contributed by atoms with Gasteiger partial charge in [0.2, 0.25) is 11.8 Å². The Morgan fingerprint density at radius 2 is 2.06 bits per heavy atom. The molecular weight excluding hydrogens is 218 g/mol. The number of hydrogen-bond acceptors (Lipinski definition) is 3. The summed E-state index contributed by atoms with van der Waals surface area (Å²) in [5.74, 6) is 0.268. The minimum Gasteiger partial charge on any atom is -0.354 e. The molecule has 3 aliphatic rings. The van der Waals surface area contributed by atoms with Crippen LogP contribution in [-0.2, 0) is 9.59 Å². The van der Waals surface area contributed by atoms with E-state index in [1.165, 1.54) is 12.8 Å². The fraction of sp³-hybridized carbons (Fsp3) is 0.833. The number of piperidine rings is 1. The van der Waals surface area contributed by atoms with Gasteiger partial charge in [0.05, 0.1) is 12.1 Å². The number of carbonyl (C=O) groups is 2. The van der Waals surface area contributed by atoms with Crippen molar-refractivity contribution in [1.82, 2.24) is 15.5 Å². The fourth-order valence-corrected chi connectivity index (χ4v) is 2.76. The van der Waals surface area contributed by atoms with Crippen LogP contribution in [0.3, 0.4) is 0 Å². The Labute approximate surface area is 101 Å². The van der Waals surface area contributed by atoms with Crippen LogP contribution in [0.4, 0.5) is 0 Å². The first-order valence-electron chi connectivity index (χ1n) is 6.57. The molecule has 1 aliphatic carbocycles. The highest BCUT2D eigenvalue weighted by Crippen LogP contribution is 2.24. The van der Waals surface area contributed by atoms with Crippen molar-refractivity contribution in [3.63, 3.8) is 0 Å². The Kier molecular flexibility index (Phi) is 2.78. The van der Waals surface area contributed by atoms with Crippen LogP contribution in [0.1, 0.15) is 32.1 Å². The molecule has 2 saturated heterocycles. The second-order valence-electron chi connectivity index (χ2n) is 5.33. The zero-order chi connectivity index (χ0) is 11.8. The van der Waals surface area contributed by atoms with Crippen LogP contribution in [0.2, 0.25) is 0 Å². The normalized spacial score (nSPS) is 34.0. The second-order valence-corrected chi connectivity index (χ2v) is 5.33. The van der Waals surface area contributed by atoms with E-state index in [0.717, 1.165) is 19.4 Å². The van der Waals surface area contributed by atoms with E-state index in [1.54, 1.807) is 0 Å². The van der Waals surface area contributed by atoms with E-state index in [0.29, 0.717) is 19.0 Å². The van der Waals surface area contributed by atoms with Gasteiger partial charge in [-0.2, -0.15) is 0 Å². The van der Waals surface area contributed by atoms with Crippen LogP contribution in [0.25, 0.3) is 0 Å². The van der Waals surface area contributed by atoms with Crippen molar-refractivity contribution < 1.29 is 9.59 Å². The Hall–Kier alpha value is -1.10. The molecule has 2 unspecified atom stereocenters. The second kappa shape index (κ2) is 4.29. The molecule has 17 heavy (non-hydrogen) atoms. The lowest BCUT2D eigenvalue weighted by Gasteiger charge is -2.36. The molecule has 0 bridgehead atoms. The van der Waals surface area contributed by atoms with Crippen molar-refractivity contribution >= 4 is 11.8 Å². The summed E-state index contributed by atoms with van der Waals surface area (Å²) < 4.78 is 0. The third kappa shape index (κ3) is 2.29. The van der Waals surface area contributed by atoms with E-state index >= 15 is 0 Å². The molecular formula is C12H19N3O2. The molecule has 2 atom stereocenters. The first-order chi connectivity index (χ1) is 8.24. The van der Waals surface area contributed by atoms with Gasteiger partial charge < -0.3 is 15.5 Å². The van der Waals surface area contributed by atoms with E-state index in [9.17, 15) is 9.59 Å². The van der Waals surface area contributed by atoms with Crippen molar-refractivity contribution in [2.24, 2.45) is 0 Å². The first kappa shape index (κ1) is 11.0. The maximum atomic E-state index is 12.3. The van der Waals surface area contributed by atoms with E-state index in [-0.39, 0.29) is 23.9 Å². The van der Waals surface area contributed by atoms with Crippen LogP contribution >= 0.6 is 0 Å². The zero-order valence-electron chi connectivity index (χ0n) is 9.95. The highest BCUT2D eigenvalue weighted by molar-refractivity contribution is 5.85. The SMILES string of the molecule is O=C1CC(N2CCCC(NC3CC3)C2=O)CN1. The molecule has 3 fully saturated rings. The largest absolute Gasteiger partial charge is 0.354 e. The van der Waals surface area contributed by atoms with Gasteiger partial charge >= 0.3 is 0 Å². The van der Waals surface area contributed by atoms with Crippen molar-refractivity contribution in [2.45, 2.75) is 50.2 Å². The summed E-state index contributed by atoms with van der Waals surface area (Å²) >= 11 is 0. The number of amides is 2. The molecule has 0 spiro atoms. The number of rotatable bonds is 3. The first-order valence-corrected chi connectivity index (χ1v) is 6.57. The highest BCUT2D eigenvalue weighted by atomic mass is 16.2. The maximum Gasteiger partial charge on any atom is 0.240 e. The summed E-state index contributed by atoms with van der Waals surface area (Å²) in [6.45, 7) is 1.43. The molecule has 2 aliphatic heterocycles. The number of hydrogen-bond donors (Lipinski definition) is 2. The molecule has 2 N–H and O–H groups in total. The maximum absolute atomic E-state index is 12.3. The van der Waals surface area contributed by atoms with Crippen LogP contribution in [0.15, 0.2) is 0 Å². The van der Waals surface area contributed by atoms with Gasteiger partial charge in [0, 0.05) is 25.6 Å². The van der Waals surface area contributed by atoms with Gasteiger partial charge in [-0.15, -0.1) is 0 Å². The molecule has 1 saturated carbocycles. The number of likely N-dealkylation sites (tertiary alicyclic amines) is 1. The Balaban J connectivity index is 1.63. The lowest BCUT2D eigenvalue weighted by molar-refractivity contribution is -0.138. The summed E-state index contributed by atoms with van der Waals surface area (Å²) in [7, 11) is 0. The van der Waals surface area contributed by atoms with Gasteiger partial charge in [0.25, 0.3) is 0 Å². The molecule has 3 rings (SSSR count). The number of nitrogens with zero attached hydrogens (tertiary/aromatic N) is 1. The van der Waals surface area contributed by atoms with Gasteiger partial charge in [0.15, 0.2) is 0 Å². The fourth-order valence-electron chi connectivity index (χ4n) is 2.76. The smallest absolute Gasteiger partial charge is 0.240 e. The summed E-state index contributed by atoms with van der Waals surface area (Å²) in [4.78, 5) is 25.4. The molecule has 0 aromatic carbocycles. The molecule has 2 heterocycles. The van der Waals surface area contributed by atoms with Crippen molar-refractivity contribution in [3.8, 4) is 0 Å². The number of carbonyl (C=O) groups excluding carboxylic acids is 2. The van der Waals surface area contributed by atoms with Crippen LogP contribution in [0, 0.1) is 0 Å². The highest BCUT2D eigenvalue weighted by Gasteiger charge is 2.38. The Morgan fingerprint density at radius 1 is 1.24 bits per heavy atom. The summed E-state index contributed by atoms with van der Waals surface area (Å²) in [6.07, 6.45) is 4.86. The molecule has 5 nitrogen and oxygen atoms in total. The van der Waals surface area contributed by atoms with Gasteiger partial charge in [-0.3, -0.25) is 9.59 Å². The van der Waals surface area contributed by atoms with Gasteiger partial charge in [-0.05, 0) is 25.7 Å². The van der Waals surface area contributed by atoms with Crippen molar-refractivity contribution in [3.05, 3.63) is 0 Å². The van der Waals surface area contributed by atoms with Crippen LogP contribution in [0.5, 0.6) is 0 Å². The minimum atomic E-state index is -0.00745. The third-order valence-electron chi connectivity index (χ3n) is 3.88. The van der Waals surface area contributed by atoms with E-state index in [1.807, 2.05) is 4.90 Å². The van der Waals surface area contributed by atoms with Crippen molar-refractivity contribution in [2.75, 3.05) is 13.1 Å². The molecule has 2 amide bonds. The zero-order valence-corrected chi connectivity index (χ0v) is 9.95. The predicted molar refractivity (Wildman–Crippen MR) is 62.3 cm³/mol. The monoisotopic (exact) mass is 237 g/mol. The van der Waals surface area contributed by atoms with Gasteiger partial charge in [-0.1, -0.05) is 0 Å². The standard InChI is InChI=1S/C12H19N3O2/c16-11-6-9(7-13-11)15-5-1-2-10(12(15)17)14-8-3-4-8/h8-10,14H,1-7H2,(H,13,16). The Bertz CT molecular complexity index is 341. The predicted octanol–water partition coefficient (Wildman–Crippen LogP) is -0.382. The van der Waals surface area contributed by atoms with Crippen LogP contribution < -0.4 is 10.6 Å². The van der Waals surface area contributed by atoms with Crippen LogP contribution in [-0.4, -0.2) is 47.9 Å². The Morgan fingerprint density at radius 3 is 2.71 bits per heavy atom. The van der Waals surface area contributed by atoms with Gasteiger partial charge in [-0.25, -0.2) is 0 Å². The molecule has 94 valence electrons.